The molecule has 4 fully saturated rings. The van der Waals surface area contributed by atoms with Crippen LogP contribution in [0.5, 0.6) is 0 Å². The van der Waals surface area contributed by atoms with E-state index in [1.54, 1.807) is 0 Å². The van der Waals surface area contributed by atoms with Crippen LogP contribution in [0.25, 0.3) is 5.53 Å². The number of rotatable bonds is 11. The van der Waals surface area contributed by atoms with Crippen molar-refractivity contribution < 1.29 is 33.9 Å². The Labute approximate surface area is 191 Å². The number of nitrogens with zero attached hydrogens (tertiary/aromatic N) is 2. The summed E-state index contributed by atoms with van der Waals surface area (Å²) in [6, 6.07) is -2.53. The molecule has 4 N–H and O–H groups in total. The molecule has 0 saturated heterocycles. The largest absolute Gasteiger partial charge is 0.480 e. The molecule has 0 unspecified atom stereocenters. The molecule has 0 aromatic heterocycles. The van der Waals surface area contributed by atoms with Gasteiger partial charge in [-0.15, -0.1) is 0 Å². The standard InChI is InChI=1S/C22H31N5O6/c1-12(28)24-11-18(19(30)26-17(20(31)32)3-2-16(29)10-25-23)27-21(33)22-7-13-4-14(8-22)6-15(5-13)9-22/h10,13-15,17-18H,2-9,11H2,1H3,(H,24,28)(H,26,30)(H,27,33)(H,31,32)/t13?,14?,15?,17-,18-,22?/m0/s1. The minimum atomic E-state index is -1.38. The third kappa shape index (κ3) is 6.04. The topological polar surface area (TPSA) is 178 Å². The van der Waals surface area contributed by atoms with Crippen molar-refractivity contribution in [3.05, 3.63) is 5.53 Å². The lowest BCUT2D eigenvalue weighted by Gasteiger charge is -2.55. The molecule has 0 aromatic rings. The highest BCUT2D eigenvalue weighted by Gasteiger charge is 2.55. The van der Waals surface area contributed by atoms with Crippen LogP contribution in [-0.4, -0.2) is 64.2 Å². The van der Waals surface area contributed by atoms with Crippen molar-refractivity contribution in [3.63, 3.8) is 0 Å². The fraction of sp³-hybridized carbons (Fsp3) is 0.727. The van der Waals surface area contributed by atoms with E-state index in [-0.39, 0.29) is 31.2 Å². The average Bonchev–Trinajstić information content (AvgIpc) is 2.72. The molecule has 3 amide bonds. The predicted molar refractivity (Wildman–Crippen MR) is 115 cm³/mol. The molecule has 180 valence electrons. The van der Waals surface area contributed by atoms with E-state index < -0.39 is 35.2 Å². The van der Waals surface area contributed by atoms with Gasteiger partial charge >= 0.3 is 12.2 Å². The number of aliphatic carboxylic acids is 1. The molecule has 4 saturated carbocycles. The first-order chi connectivity index (χ1) is 15.6. The van der Waals surface area contributed by atoms with Crippen molar-refractivity contribution in [1.82, 2.24) is 16.0 Å². The van der Waals surface area contributed by atoms with E-state index in [2.05, 4.69) is 20.7 Å². The van der Waals surface area contributed by atoms with Crippen molar-refractivity contribution in [2.75, 3.05) is 6.54 Å². The number of hydrogen-bond acceptors (Lipinski definition) is 5. The first-order valence-corrected chi connectivity index (χ1v) is 11.4. The number of carbonyl (C=O) groups excluding carboxylic acids is 4. The van der Waals surface area contributed by atoms with Gasteiger partial charge in [-0.05, 0) is 62.7 Å². The second-order valence-electron chi connectivity index (χ2n) is 9.81. The van der Waals surface area contributed by atoms with Gasteiger partial charge in [-0.1, -0.05) is 0 Å². The molecule has 0 spiro atoms. The molecule has 0 heterocycles. The molecule has 4 aliphatic rings. The van der Waals surface area contributed by atoms with Crippen LogP contribution in [0.4, 0.5) is 0 Å². The van der Waals surface area contributed by atoms with E-state index in [0.29, 0.717) is 24.0 Å². The van der Waals surface area contributed by atoms with Gasteiger partial charge in [0, 0.05) is 25.3 Å². The highest BCUT2D eigenvalue weighted by molar-refractivity contribution is 6.25. The van der Waals surface area contributed by atoms with Gasteiger partial charge < -0.3 is 26.6 Å². The highest BCUT2D eigenvalue weighted by Crippen LogP contribution is 2.60. The molecule has 11 nitrogen and oxygen atoms in total. The number of carboxylic acid groups (broad SMARTS) is 1. The fourth-order valence-corrected chi connectivity index (χ4v) is 6.10. The number of ketones is 1. The third-order valence-electron chi connectivity index (χ3n) is 7.19. The lowest BCUT2D eigenvalue weighted by Crippen LogP contribution is -2.60. The molecule has 4 bridgehead atoms. The highest BCUT2D eigenvalue weighted by atomic mass is 16.4. The van der Waals surface area contributed by atoms with Crippen LogP contribution >= 0.6 is 0 Å². The Hall–Kier alpha value is -3.07. The maximum Gasteiger partial charge on any atom is 0.326 e. The van der Waals surface area contributed by atoms with Crippen LogP contribution in [0.3, 0.4) is 0 Å². The van der Waals surface area contributed by atoms with Crippen LogP contribution in [0.2, 0.25) is 0 Å². The number of carboxylic acids is 1. The number of carbonyl (C=O) groups is 5. The van der Waals surface area contributed by atoms with Crippen molar-refractivity contribution in [1.29, 1.82) is 0 Å². The van der Waals surface area contributed by atoms with E-state index in [0.717, 1.165) is 38.5 Å². The minimum Gasteiger partial charge on any atom is -0.480 e. The van der Waals surface area contributed by atoms with Gasteiger partial charge in [-0.2, -0.15) is 4.79 Å². The zero-order valence-electron chi connectivity index (χ0n) is 18.7. The summed E-state index contributed by atoms with van der Waals surface area (Å²) < 4.78 is 0. The van der Waals surface area contributed by atoms with Crippen molar-refractivity contribution >= 4 is 35.7 Å². The normalized spacial score (nSPS) is 28.7. The zero-order valence-corrected chi connectivity index (χ0v) is 18.7. The Balaban J connectivity index is 1.67. The summed E-state index contributed by atoms with van der Waals surface area (Å²) in [4.78, 5) is 63.4. The summed E-state index contributed by atoms with van der Waals surface area (Å²) in [5.41, 5.74) is 7.89. The van der Waals surface area contributed by atoms with Crippen molar-refractivity contribution in [2.45, 2.75) is 70.4 Å². The molecule has 11 heteroatoms. The summed E-state index contributed by atoms with van der Waals surface area (Å²) >= 11 is 0. The van der Waals surface area contributed by atoms with E-state index in [4.69, 9.17) is 5.53 Å². The SMILES string of the molecule is CC(=O)NC[C@H](NC(=O)C12CC3CC(CC(C3)C1)C2)C(=O)N[C@@H](CCC(=O)C=[N+]=[N-])C(=O)O. The van der Waals surface area contributed by atoms with Crippen LogP contribution < -0.4 is 16.0 Å². The molecular weight excluding hydrogens is 430 g/mol. The van der Waals surface area contributed by atoms with Gasteiger partial charge in [0.25, 0.3) is 0 Å². The summed E-state index contributed by atoms with van der Waals surface area (Å²) in [6.45, 7) is 1.10. The molecule has 2 atom stereocenters. The van der Waals surface area contributed by atoms with E-state index in [1.165, 1.54) is 6.92 Å². The summed E-state index contributed by atoms with van der Waals surface area (Å²) in [5.74, 6) is -1.71. The molecule has 4 aliphatic carbocycles. The Bertz CT molecular complexity index is 845. The second kappa shape index (κ2) is 10.2. The molecule has 0 radical (unpaired) electrons. The maximum absolute atomic E-state index is 13.4. The van der Waals surface area contributed by atoms with Gasteiger partial charge in [0.15, 0.2) is 0 Å². The quantitative estimate of drug-likeness (QED) is 0.192. The first kappa shape index (κ1) is 24.6. The minimum absolute atomic E-state index is 0.179. The number of hydrogen-bond donors (Lipinski definition) is 4. The molecule has 33 heavy (non-hydrogen) atoms. The van der Waals surface area contributed by atoms with Crippen LogP contribution in [0.15, 0.2) is 0 Å². The Morgan fingerprint density at radius 2 is 1.61 bits per heavy atom. The molecule has 0 aromatic carbocycles. The number of amides is 3. The third-order valence-corrected chi connectivity index (χ3v) is 7.19. The van der Waals surface area contributed by atoms with Crippen LogP contribution in [-0.2, 0) is 24.0 Å². The lowest BCUT2D eigenvalue weighted by molar-refractivity contribution is -0.149. The summed E-state index contributed by atoms with van der Waals surface area (Å²) in [5, 5.41) is 17.1. The van der Waals surface area contributed by atoms with Crippen LogP contribution in [0, 0.1) is 23.2 Å². The van der Waals surface area contributed by atoms with Crippen molar-refractivity contribution in [3.8, 4) is 0 Å². The Kier molecular flexibility index (Phi) is 7.63. The van der Waals surface area contributed by atoms with Gasteiger partial charge in [0.1, 0.15) is 12.1 Å². The second-order valence-corrected chi connectivity index (χ2v) is 9.81. The Morgan fingerprint density at radius 3 is 2.09 bits per heavy atom. The molecular formula is C22H31N5O6. The summed E-state index contributed by atoms with van der Waals surface area (Å²) in [6.07, 6.45) is 6.04. The van der Waals surface area contributed by atoms with Crippen molar-refractivity contribution in [2.24, 2.45) is 23.2 Å². The smallest absolute Gasteiger partial charge is 0.326 e. The van der Waals surface area contributed by atoms with Gasteiger partial charge in [0.2, 0.25) is 23.5 Å². The molecule has 4 rings (SSSR count). The van der Waals surface area contributed by atoms with E-state index in [9.17, 15) is 29.1 Å². The average molecular weight is 462 g/mol. The first-order valence-electron chi connectivity index (χ1n) is 11.4. The number of Topliss-reactive ketones (excluding diaryl/α,β-unsaturated/α-hetero) is 1. The van der Waals surface area contributed by atoms with Crippen LogP contribution in [0.1, 0.15) is 58.3 Å². The number of nitrogens with one attached hydrogen (secondary N) is 3. The summed E-state index contributed by atoms with van der Waals surface area (Å²) in [7, 11) is 0. The van der Waals surface area contributed by atoms with E-state index in [1.807, 2.05) is 0 Å². The van der Waals surface area contributed by atoms with Gasteiger partial charge in [0.05, 0.1) is 0 Å². The molecule has 0 aliphatic heterocycles. The zero-order chi connectivity index (χ0) is 24.2. The fourth-order valence-electron chi connectivity index (χ4n) is 6.10. The van der Waals surface area contributed by atoms with E-state index >= 15 is 0 Å². The van der Waals surface area contributed by atoms with Gasteiger partial charge in [-0.3, -0.25) is 19.2 Å². The lowest BCUT2D eigenvalue weighted by atomic mass is 9.49. The maximum atomic E-state index is 13.4. The monoisotopic (exact) mass is 461 g/mol. The van der Waals surface area contributed by atoms with Gasteiger partial charge in [-0.25, -0.2) is 4.79 Å². The Morgan fingerprint density at radius 1 is 1.03 bits per heavy atom. The predicted octanol–water partition coefficient (Wildman–Crippen LogP) is 0.0430.